The Morgan fingerprint density at radius 3 is 2.23 bits per heavy atom. The molecule has 1 unspecified atom stereocenters. The zero-order valence-electron chi connectivity index (χ0n) is 25.3. The highest BCUT2D eigenvalue weighted by Crippen LogP contribution is 2.24. The molecule has 1 aromatic heterocycles. The van der Waals surface area contributed by atoms with E-state index in [1.807, 2.05) is 53.7 Å². The molecule has 9 heteroatoms. The van der Waals surface area contributed by atoms with Crippen molar-refractivity contribution in [2.75, 3.05) is 0 Å². The SMILES string of the molecule is CC[C@@H](C)[C@H]1NC(=O)[C@H]([C@@H](C)CC)NC(=O)CC(=O)[C@@H](C)[C@@H](/C=C(\C)CC(C)C/C(C)=C/c2cnco2)OC1=O. The van der Waals surface area contributed by atoms with Gasteiger partial charge >= 0.3 is 5.97 Å². The zero-order valence-corrected chi connectivity index (χ0v) is 25.3. The van der Waals surface area contributed by atoms with E-state index in [-0.39, 0.29) is 30.0 Å². The molecule has 9 nitrogen and oxygen atoms in total. The Hall–Kier alpha value is -3.23. The van der Waals surface area contributed by atoms with E-state index in [0.29, 0.717) is 18.6 Å². The van der Waals surface area contributed by atoms with Crippen molar-refractivity contribution in [3.8, 4) is 0 Å². The number of ketones is 1. The highest BCUT2D eigenvalue weighted by Gasteiger charge is 2.37. The maximum absolute atomic E-state index is 13.5. The molecule has 1 aromatic rings. The first-order valence-electron chi connectivity index (χ1n) is 14.4. The van der Waals surface area contributed by atoms with Gasteiger partial charge in [0, 0.05) is 0 Å². The number of nitrogens with zero attached hydrogens (tertiary/aromatic N) is 1. The van der Waals surface area contributed by atoms with E-state index >= 15 is 0 Å². The molecule has 0 saturated carbocycles. The minimum Gasteiger partial charge on any atom is -0.456 e. The van der Waals surface area contributed by atoms with Crippen LogP contribution in [-0.4, -0.2) is 46.7 Å². The lowest BCUT2D eigenvalue weighted by atomic mass is 9.90. The monoisotopic (exact) mass is 557 g/mol. The van der Waals surface area contributed by atoms with Crippen LogP contribution in [0.2, 0.25) is 0 Å². The number of esters is 1. The van der Waals surface area contributed by atoms with Crippen molar-refractivity contribution < 1.29 is 28.3 Å². The summed E-state index contributed by atoms with van der Waals surface area (Å²) in [5.41, 5.74) is 2.11. The highest BCUT2D eigenvalue weighted by molar-refractivity contribution is 6.01. The molecule has 7 atom stereocenters. The number of aromatic nitrogens is 1. The van der Waals surface area contributed by atoms with Crippen molar-refractivity contribution >= 4 is 29.6 Å². The Morgan fingerprint density at radius 2 is 1.62 bits per heavy atom. The number of carbonyl (C=O) groups excluding carboxylic acids is 4. The number of ether oxygens (including phenoxy) is 1. The van der Waals surface area contributed by atoms with Crippen molar-refractivity contribution in [3.05, 3.63) is 35.6 Å². The molecular weight excluding hydrogens is 510 g/mol. The molecule has 0 aromatic carbocycles. The summed E-state index contributed by atoms with van der Waals surface area (Å²) in [6.45, 7) is 15.4. The molecule has 2 heterocycles. The number of hydrogen-bond acceptors (Lipinski definition) is 7. The Labute approximate surface area is 238 Å². The van der Waals surface area contributed by atoms with E-state index in [1.54, 1.807) is 13.1 Å². The molecule has 2 amide bonds. The lowest BCUT2D eigenvalue weighted by Gasteiger charge is -2.31. The average molecular weight is 558 g/mol. The standard InChI is InChI=1S/C31H47N3O6/c1-9-21(6)28-30(37)34-29(22(7)10-2)31(38)40-26(23(8)25(35)15-27(36)33-28)14-20(5)12-18(3)11-19(4)13-24-16-32-17-39-24/h13-14,16-18,21-23,26,28-29H,9-12,15H2,1-8H3,(H,33,36)(H,34,37)/b19-13+,20-14+/t18?,21-,22+,23+,26+,28-,29+/m0/s1. The molecule has 1 fully saturated rings. The fourth-order valence-corrected chi connectivity index (χ4v) is 4.95. The number of hydrogen-bond donors (Lipinski definition) is 2. The van der Waals surface area contributed by atoms with Gasteiger partial charge in [-0.25, -0.2) is 9.78 Å². The summed E-state index contributed by atoms with van der Waals surface area (Å²) in [6, 6.07) is -1.75. The second-order valence-corrected chi connectivity index (χ2v) is 11.6. The van der Waals surface area contributed by atoms with Crippen LogP contribution in [0.3, 0.4) is 0 Å². The molecule has 1 saturated heterocycles. The molecular formula is C31H47N3O6. The molecule has 1 aliphatic heterocycles. The van der Waals surface area contributed by atoms with Gasteiger partial charge in [-0.3, -0.25) is 14.4 Å². The van der Waals surface area contributed by atoms with Crippen molar-refractivity contribution in [1.29, 1.82) is 0 Å². The summed E-state index contributed by atoms with van der Waals surface area (Å²) >= 11 is 0. The highest BCUT2D eigenvalue weighted by atomic mass is 16.5. The van der Waals surface area contributed by atoms with Gasteiger partial charge in [-0.15, -0.1) is 0 Å². The van der Waals surface area contributed by atoms with Crippen LogP contribution in [0.25, 0.3) is 6.08 Å². The van der Waals surface area contributed by atoms with Crippen LogP contribution >= 0.6 is 0 Å². The largest absolute Gasteiger partial charge is 0.456 e. The predicted molar refractivity (Wildman–Crippen MR) is 154 cm³/mol. The molecule has 1 aliphatic rings. The van der Waals surface area contributed by atoms with Crippen LogP contribution in [0.4, 0.5) is 0 Å². The van der Waals surface area contributed by atoms with Crippen LogP contribution in [0.15, 0.2) is 34.2 Å². The maximum atomic E-state index is 13.5. The summed E-state index contributed by atoms with van der Waals surface area (Å²) in [5.74, 6) is -2.02. The lowest BCUT2D eigenvalue weighted by Crippen LogP contribution is -2.57. The number of nitrogens with one attached hydrogen (secondary N) is 2. The Balaban J connectivity index is 2.30. The van der Waals surface area contributed by atoms with E-state index in [9.17, 15) is 19.2 Å². The lowest BCUT2D eigenvalue weighted by molar-refractivity contribution is -0.156. The summed E-state index contributed by atoms with van der Waals surface area (Å²) in [6.07, 6.45) is 8.39. The number of allylic oxidation sites excluding steroid dienone is 2. The third-order valence-corrected chi connectivity index (χ3v) is 7.79. The third-order valence-electron chi connectivity index (χ3n) is 7.79. The van der Waals surface area contributed by atoms with E-state index in [1.165, 1.54) is 6.39 Å². The Morgan fingerprint density at radius 1 is 1.00 bits per heavy atom. The van der Waals surface area contributed by atoms with Crippen molar-refractivity contribution in [3.63, 3.8) is 0 Å². The minimum absolute atomic E-state index is 0.178. The first-order valence-corrected chi connectivity index (χ1v) is 14.4. The molecule has 222 valence electrons. The van der Waals surface area contributed by atoms with Crippen molar-refractivity contribution in [2.45, 2.75) is 106 Å². The topological polar surface area (TPSA) is 128 Å². The van der Waals surface area contributed by atoms with Gasteiger partial charge in [0.2, 0.25) is 11.8 Å². The fourth-order valence-electron chi connectivity index (χ4n) is 4.95. The summed E-state index contributed by atoms with van der Waals surface area (Å²) in [7, 11) is 0. The molecule has 2 rings (SSSR count). The normalized spacial score (nSPS) is 26.1. The molecule has 0 radical (unpaired) electrons. The van der Waals surface area contributed by atoms with Crippen LogP contribution in [-0.2, 0) is 23.9 Å². The molecule has 0 bridgehead atoms. The second kappa shape index (κ2) is 15.5. The number of oxazole rings is 1. The quantitative estimate of drug-likeness (QED) is 0.235. The van der Waals surface area contributed by atoms with Gasteiger partial charge in [-0.05, 0) is 56.6 Å². The second-order valence-electron chi connectivity index (χ2n) is 11.6. The summed E-state index contributed by atoms with van der Waals surface area (Å²) in [4.78, 5) is 56.6. The zero-order chi connectivity index (χ0) is 30.0. The summed E-state index contributed by atoms with van der Waals surface area (Å²) < 4.78 is 11.2. The van der Waals surface area contributed by atoms with Gasteiger partial charge in [-0.2, -0.15) is 0 Å². The number of cyclic esters (lactones) is 1. The van der Waals surface area contributed by atoms with Gasteiger partial charge < -0.3 is 19.8 Å². The Bertz CT molecular complexity index is 1080. The van der Waals surface area contributed by atoms with Crippen molar-refractivity contribution in [2.24, 2.45) is 23.7 Å². The molecule has 0 aliphatic carbocycles. The summed E-state index contributed by atoms with van der Waals surface area (Å²) in [5, 5.41) is 5.58. The molecule has 2 N–H and O–H groups in total. The first kappa shape index (κ1) is 33.0. The van der Waals surface area contributed by atoms with Gasteiger partial charge in [0.05, 0.1) is 18.5 Å². The maximum Gasteiger partial charge on any atom is 0.329 e. The minimum atomic E-state index is -0.901. The first-order chi connectivity index (χ1) is 18.9. The van der Waals surface area contributed by atoms with E-state index < -0.39 is 41.9 Å². The van der Waals surface area contributed by atoms with Crippen LogP contribution in [0.5, 0.6) is 0 Å². The van der Waals surface area contributed by atoms with E-state index in [0.717, 1.165) is 24.0 Å². The predicted octanol–water partition coefficient (Wildman–Crippen LogP) is 5.02. The number of Topliss-reactive ketones (excluding diaryl/α,β-unsaturated/α-hetero) is 1. The number of amides is 2. The van der Waals surface area contributed by atoms with Gasteiger partial charge in [0.15, 0.2) is 6.39 Å². The smallest absolute Gasteiger partial charge is 0.329 e. The van der Waals surface area contributed by atoms with Gasteiger partial charge in [0.1, 0.15) is 29.7 Å². The van der Waals surface area contributed by atoms with Crippen LogP contribution < -0.4 is 10.6 Å². The molecule has 40 heavy (non-hydrogen) atoms. The average Bonchev–Trinajstić information content (AvgIpc) is 3.40. The Kier molecular flexibility index (Phi) is 12.8. The van der Waals surface area contributed by atoms with E-state index in [4.69, 9.17) is 9.15 Å². The fraction of sp³-hybridized carbons (Fsp3) is 0.645. The van der Waals surface area contributed by atoms with Crippen LogP contribution in [0, 0.1) is 23.7 Å². The van der Waals surface area contributed by atoms with E-state index in [2.05, 4.69) is 22.5 Å². The van der Waals surface area contributed by atoms with Crippen LogP contribution in [0.1, 0.15) is 93.3 Å². The molecule has 0 spiro atoms. The van der Waals surface area contributed by atoms with Gasteiger partial charge in [-0.1, -0.05) is 65.5 Å². The number of rotatable bonds is 10. The number of carbonyl (C=O) groups is 4. The van der Waals surface area contributed by atoms with Gasteiger partial charge in [0.25, 0.3) is 0 Å². The van der Waals surface area contributed by atoms with Crippen molar-refractivity contribution in [1.82, 2.24) is 15.6 Å². The third kappa shape index (κ3) is 9.75.